The van der Waals surface area contributed by atoms with Crippen LogP contribution in [0.4, 0.5) is 4.79 Å². The van der Waals surface area contributed by atoms with Crippen LogP contribution < -0.4 is 10.6 Å². The molecule has 0 fully saturated rings. The van der Waals surface area contributed by atoms with E-state index >= 15 is 0 Å². The largest absolute Gasteiger partial charge is 0.480 e. The third kappa shape index (κ3) is 6.51. The number of rotatable bonds is 11. The Morgan fingerprint density at radius 2 is 1.19 bits per heavy atom. The molecule has 1 atom stereocenters. The van der Waals surface area contributed by atoms with Gasteiger partial charge in [0.05, 0.1) is 0 Å². The van der Waals surface area contributed by atoms with Crippen molar-refractivity contribution >= 4 is 18.0 Å². The number of benzene rings is 5. The van der Waals surface area contributed by atoms with E-state index in [1.54, 1.807) is 0 Å². The summed E-state index contributed by atoms with van der Waals surface area (Å²) >= 11 is 0. The summed E-state index contributed by atoms with van der Waals surface area (Å²) < 4.78 is 5.58. The number of carbonyl (C=O) groups excluding carboxylic acids is 2. The topological polar surface area (TPSA) is 105 Å². The van der Waals surface area contributed by atoms with Crippen LogP contribution in [-0.4, -0.2) is 35.7 Å². The van der Waals surface area contributed by atoms with Crippen molar-refractivity contribution in [2.24, 2.45) is 0 Å². The molecular weight excluding hydrogens is 588 g/mol. The van der Waals surface area contributed by atoms with Crippen molar-refractivity contribution in [3.05, 3.63) is 167 Å². The molecule has 236 valence electrons. The molecular formula is C40H36N2O5. The van der Waals surface area contributed by atoms with Crippen molar-refractivity contribution in [1.82, 2.24) is 10.6 Å². The minimum absolute atomic E-state index is 0.0555. The second kappa shape index (κ2) is 13.7. The summed E-state index contributed by atoms with van der Waals surface area (Å²) in [5, 5.41) is 15.7. The SMILES string of the molecule is Cc1ccc(C(NC(=O)CC[C@H](NC(=O)OCC2c3ccccc3-c3ccccc32)C(=O)O)(c2ccccc2)c2ccccc2)cc1. The molecule has 1 aliphatic rings. The Morgan fingerprint density at radius 3 is 1.72 bits per heavy atom. The molecule has 6 rings (SSSR count). The maximum absolute atomic E-state index is 13.7. The van der Waals surface area contributed by atoms with Crippen LogP contribution in [0.5, 0.6) is 0 Å². The molecule has 2 amide bonds. The van der Waals surface area contributed by atoms with Gasteiger partial charge in [-0.1, -0.05) is 139 Å². The van der Waals surface area contributed by atoms with Crippen molar-refractivity contribution in [3.8, 4) is 11.1 Å². The molecule has 0 unspecified atom stereocenters. The molecule has 0 heterocycles. The van der Waals surface area contributed by atoms with Crippen LogP contribution in [0, 0.1) is 6.92 Å². The average molecular weight is 625 g/mol. The quantitative estimate of drug-likeness (QED) is 0.135. The first-order valence-corrected chi connectivity index (χ1v) is 15.7. The molecule has 0 saturated heterocycles. The first kappa shape index (κ1) is 31.3. The number of alkyl carbamates (subject to hydrolysis) is 1. The molecule has 3 N–H and O–H groups in total. The van der Waals surface area contributed by atoms with E-state index in [2.05, 4.69) is 10.6 Å². The van der Waals surface area contributed by atoms with E-state index in [0.717, 1.165) is 44.5 Å². The third-order valence-electron chi connectivity index (χ3n) is 8.82. The highest BCUT2D eigenvalue weighted by molar-refractivity contribution is 5.83. The highest BCUT2D eigenvalue weighted by Gasteiger charge is 2.38. The Labute approximate surface area is 274 Å². The summed E-state index contributed by atoms with van der Waals surface area (Å²) in [6, 6.07) is 42.0. The van der Waals surface area contributed by atoms with E-state index in [1.807, 2.05) is 140 Å². The van der Waals surface area contributed by atoms with Crippen LogP contribution in [-0.2, 0) is 19.9 Å². The second-order valence-corrected chi connectivity index (χ2v) is 11.8. The number of hydrogen-bond acceptors (Lipinski definition) is 4. The second-order valence-electron chi connectivity index (χ2n) is 11.8. The van der Waals surface area contributed by atoms with Gasteiger partial charge in [-0.05, 0) is 52.3 Å². The number of aryl methyl sites for hydroxylation is 1. The lowest BCUT2D eigenvalue weighted by molar-refractivity contribution is -0.139. The molecule has 5 aromatic carbocycles. The molecule has 7 heteroatoms. The average Bonchev–Trinajstić information content (AvgIpc) is 3.42. The van der Waals surface area contributed by atoms with Crippen LogP contribution in [0.3, 0.4) is 0 Å². The van der Waals surface area contributed by atoms with E-state index < -0.39 is 23.6 Å². The number of carboxylic acid groups (broad SMARTS) is 1. The lowest BCUT2D eigenvalue weighted by atomic mass is 9.76. The molecule has 0 spiro atoms. The summed E-state index contributed by atoms with van der Waals surface area (Å²) in [6.45, 7) is 2.06. The number of nitrogens with one attached hydrogen (secondary N) is 2. The normalized spacial score (nSPS) is 12.8. The van der Waals surface area contributed by atoms with Crippen molar-refractivity contribution < 1.29 is 24.2 Å². The zero-order valence-corrected chi connectivity index (χ0v) is 26.1. The summed E-state index contributed by atoms with van der Waals surface area (Å²) in [5.74, 6) is -1.77. The van der Waals surface area contributed by atoms with Gasteiger partial charge < -0.3 is 20.5 Å². The number of carboxylic acids is 1. The van der Waals surface area contributed by atoms with Gasteiger partial charge in [0.2, 0.25) is 5.91 Å². The molecule has 1 aliphatic carbocycles. The minimum Gasteiger partial charge on any atom is -0.480 e. The number of ether oxygens (including phenoxy) is 1. The summed E-state index contributed by atoms with van der Waals surface area (Å²) in [4.78, 5) is 38.9. The van der Waals surface area contributed by atoms with Crippen LogP contribution in [0.1, 0.15) is 52.1 Å². The van der Waals surface area contributed by atoms with Gasteiger partial charge in [-0.25, -0.2) is 9.59 Å². The predicted molar refractivity (Wildman–Crippen MR) is 181 cm³/mol. The lowest BCUT2D eigenvalue weighted by Gasteiger charge is -2.37. The van der Waals surface area contributed by atoms with Crippen molar-refractivity contribution in [2.45, 2.75) is 37.3 Å². The molecule has 0 aromatic heterocycles. The van der Waals surface area contributed by atoms with Crippen LogP contribution >= 0.6 is 0 Å². The standard InChI is InChI=1S/C40H36N2O5/c1-27-20-22-30(23-21-27)40(28-12-4-2-5-13-28,29-14-6-3-7-15-29)42-37(43)25-24-36(38(44)45)41-39(46)47-26-35-33-18-10-8-16-31(33)32-17-9-11-19-34(32)35/h2-23,35-36H,24-26H2,1H3,(H,41,46)(H,42,43)(H,44,45)/t36-/m0/s1. The van der Waals surface area contributed by atoms with Crippen molar-refractivity contribution in [1.29, 1.82) is 0 Å². The van der Waals surface area contributed by atoms with Crippen molar-refractivity contribution in [3.63, 3.8) is 0 Å². The molecule has 0 bridgehead atoms. The first-order valence-electron chi connectivity index (χ1n) is 15.7. The molecule has 0 radical (unpaired) electrons. The predicted octanol–water partition coefficient (Wildman–Crippen LogP) is 7.18. The van der Waals surface area contributed by atoms with Crippen LogP contribution in [0.25, 0.3) is 11.1 Å². The third-order valence-corrected chi connectivity index (χ3v) is 8.82. The molecule has 0 saturated carbocycles. The fourth-order valence-corrected chi connectivity index (χ4v) is 6.48. The maximum Gasteiger partial charge on any atom is 0.407 e. The minimum atomic E-state index is -1.32. The van der Waals surface area contributed by atoms with Gasteiger partial charge in [0, 0.05) is 12.3 Å². The lowest BCUT2D eigenvalue weighted by Crippen LogP contribution is -2.48. The number of carbonyl (C=O) groups is 3. The number of hydrogen-bond donors (Lipinski definition) is 3. The fourth-order valence-electron chi connectivity index (χ4n) is 6.48. The highest BCUT2D eigenvalue weighted by Crippen LogP contribution is 2.44. The number of fused-ring (bicyclic) bond motifs is 3. The molecule has 7 nitrogen and oxygen atoms in total. The first-order chi connectivity index (χ1) is 22.9. The van der Waals surface area contributed by atoms with Gasteiger partial charge in [0.15, 0.2) is 0 Å². The molecule has 5 aromatic rings. The van der Waals surface area contributed by atoms with Gasteiger partial charge in [0.25, 0.3) is 0 Å². The van der Waals surface area contributed by atoms with Gasteiger partial charge in [-0.15, -0.1) is 0 Å². The Hall–Kier alpha value is -5.69. The smallest absolute Gasteiger partial charge is 0.407 e. The number of aliphatic carboxylic acids is 1. The monoisotopic (exact) mass is 624 g/mol. The Balaban J connectivity index is 1.16. The molecule has 47 heavy (non-hydrogen) atoms. The van der Waals surface area contributed by atoms with E-state index in [1.165, 1.54) is 0 Å². The van der Waals surface area contributed by atoms with Crippen LogP contribution in [0.2, 0.25) is 0 Å². The van der Waals surface area contributed by atoms with Gasteiger partial charge in [-0.2, -0.15) is 0 Å². The zero-order valence-electron chi connectivity index (χ0n) is 26.1. The summed E-state index contributed by atoms with van der Waals surface area (Å²) in [5.41, 5.74) is 6.93. The zero-order chi connectivity index (χ0) is 32.8. The number of amides is 2. The Morgan fingerprint density at radius 1 is 0.702 bits per heavy atom. The summed E-state index contributed by atoms with van der Waals surface area (Å²) in [6.07, 6.45) is -1.12. The van der Waals surface area contributed by atoms with E-state index in [-0.39, 0.29) is 31.3 Å². The Kier molecular flexibility index (Phi) is 9.16. The Bertz CT molecular complexity index is 1790. The van der Waals surface area contributed by atoms with Gasteiger partial charge >= 0.3 is 12.1 Å². The molecule has 0 aliphatic heterocycles. The van der Waals surface area contributed by atoms with E-state index in [9.17, 15) is 19.5 Å². The van der Waals surface area contributed by atoms with Gasteiger partial charge in [0.1, 0.15) is 18.2 Å². The van der Waals surface area contributed by atoms with E-state index in [4.69, 9.17) is 4.74 Å². The van der Waals surface area contributed by atoms with Crippen LogP contribution in [0.15, 0.2) is 133 Å². The van der Waals surface area contributed by atoms with Gasteiger partial charge in [-0.3, -0.25) is 4.79 Å². The summed E-state index contributed by atoms with van der Waals surface area (Å²) in [7, 11) is 0. The highest BCUT2D eigenvalue weighted by atomic mass is 16.5. The van der Waals surface area contributed by atoms with Crippen molar-refractivity contribution in [2.75, 3.05) is 6.61 Å². The van der Waals surface area contributed by atoms with E-state index in [0.29, 0.717) is 0 Å². The maximum atomic E-state index is 13.7. The fraction of sp³-hybridized carbons (Fsp3) is 0.175.